The Hall–Kier alpha value is -3.82. The normalized spacial score (nSPS) is 10.2. The van der Waals surface area contributed by atoms with Crippen LogP contribution >= 0.6 is 0 Å². The Morgan fingerprint density at radius 3 is 1.50 bits per heavy atom. The van der Waals surface area contributed by atoms with Gasteiger partial charge in [-0.1, -0.05) is 12.1 Å². The van der Waals surface area contributed by atoms with E-state index in [1.165, 1.54) is 0 Å². The summed E-state index contributed by atoms with van der Waals surface area (Å²) in [6.45, 7) is 0.534. The van der Waals surface area contributed by atoms with Gasteiger partial charge in [-0.15, -0.1) is 20.4 Å². The van der Waals surface area contributed by atoms with Crippen molar-refractivity contribution in [1.29, 1.82) is 0 Å². The van der Waals surface area contributed by atoms with Crippen LogP contribution in [0.4, 0.5) is 0 Å². The Kier molecular flexibility index (Phi) is 5.45. The van der Waals surface area contributed by atoms with Gasteiger partial charge in [-0.3, -0.25) is 19.6 Å². The Balaban J connectivity index is 1.53. The number of carbonyl (C=O) groups excluding carboxylic acids is 2. The molecule has 0 fully saturated rings. The predicted molar refractivity (Wildman–Crippen MR) is 88.4 cm³/mol. The van der Waals surface area contributed by atoms with Crippen LogP contribution in [0.3, 0.4) is 0 Å². The van der Waals surface area contributed by atoms with Crippen LogP contribution in [0, 0.1) is 0 Å². The van der Waals surface area contributed by atoms with Crippen molar-refractivity contribution in [2.45, 2.75) is 13.1 Å². The molecule has 0 aromatic carbocycles. The van der Waals surface area contributed by atoms with Crippen molar-refractivity contribution < 1.29 is 9.59 Å². The average Bonchev–Trinajstić information content (AvgIpc) is 2.72. The molecule has 0 aliphatic heterocycles. The van der Waals surface area contributed by atoms with Crippen LogP contribution in [0.1, 0.15) is 32.4 Å². The monoisotopic (exact) mass is 350 g/mol. The summed E-state index contributed by atoms with van der Waals surface area (Å²) >= 11 is 0. The number of amides is 2. The zero-order valence-electron chi connectivity index (χ0n) is 13.5. The maximum Gasteiger partial charge on any atom is 0.293 e. The van der Waals surface area contributed by atoms with E-state index in [0.717, 1.165) is 11.1 Å². The highest BCUT2D eigenvalue weighted by molar-refractivity contribution is 5.91. The van der Waals surface area contributed by atoms with Crippen molar-refractivity contribution in [3.05, 3.63) is 71.8 Å². The van der Waals surface area contributed by atoms with Crippen molar-refractivity contribution in [1.82, 2.24) is 41.0 Å². The molecule has 0 aliphatic rings. The van der Waals surface area contributed by atoms with Gasteiger partial charge in [0.05, 0.1) is 0 Å². The van der Waals surface area contributed by atoms with Gasteiger partial charge in [0.15, 0.2) is 0 Å². The Bertz CT molecular complexity index is 797. The molecule has 10 nitrogen and oxygen atoms in total. The fourth-order valence-electron chi connectivity index (χ4n) is 1.94. The fraction of sp³-hybridized carbons (Fsp3) is 0.125. The van der Waals surface area contributed by atoms with Crippen LogP contribution in [0.15, 0.2) is 49.1 Å². The molecule has 130 valence electrons. The molecule has 0 saturated carbocycles. The van der Waals surface area contributed by atoms with Gasteiger partial charge in [-0.05, 0) is 23.3 Å². The van der Waals surface area contributed by atoms with Crippen LogP contribution in [0.2, 0.25) is 0 Å². The summed E-state index contributed by atoms with van der Waals surface area (Å²) in [5.41, 5.74) is 1.65. The average molecular weight is 350 g/mol. The van der Waals surface area contributed by atoms with Gasteiger partial charge in [-0.25, -0.2) is 0 Å². The molecule has 3 heterocycles. The number of hydrogen-bond donors (Lipinski definition) is 2. The Morgan fingerprint density at radius 1 is 0.731 bits per heavy atom. The lowest BCUT2D eigenvalue weighted by molar-refractivity contribution is 0.0917. The number of carbonyl (C=O) groups is 2. The molecular weight excluding hydrogens is 336 g/mol. The molecule has 3 aromatic rings. The number of hydrogen-bond acceptors (Lipinski definition) is 8. The number of rotatable bonds is 6. The summed E-state index contributed by atoms with van der Waals surface area (Å²) in [6, 6.07) is 7.17. The lowest BCUT2D eigenvalue weighted by Gasteiger charge is -2.04. The second-order valence-corrected chi connectivity index (χ2v) is 5.14. The second kappa shape index (κ2) is 8.33. The minimum Gasteiger partial charge on any atom is -0.345 e. The summed E-state index contributed by atoms with van der Waals surface area (Å²) in [6.07, 6.45) is 6.54. The van der Waals surface area contributed by atoms with Crippen molar-refractivity contribution in [3.63, 3.8) is 0 Å². The third kappa shape index (κ3) is 4.60. The topological polar surface area (TPSA) is 136 Å². The molecule has 10 heteroatoms. The van der Waals surface area contributed by atoms with Crippen molar-refractivity contribution >= 4 is 11.8 Å². The smallest absolute Gasteiger partial charge is 0.293 e. The third-order valence-corrected chi connectivity index (χ3v) is 3.24. The molecule has 0 atom stereocenters. The molecule has 2 amide bonds. The Labute approximate surface area is 148 Å². The maximum absolute atomic E-state index is 12.0. The zero-order valence-corrected chi connectivity index (χ0v) is 13.5. The SMILES string of the molecule is O=C(NCc1cccnc1)c1nnc(C(=O)NCc2cccnc2)nn1. The lowest BCUT2D eigenvalue weighted by atomic mass is 10.3. The van der Waals surface area contributed by atoms with E-state index < -0.39 is 11.8 Å². The summed E-state index contributed by atoms with van der Waals surface area (Å²) < 4.78 is 0. The number of nitrogens with one attached hydrogen (secondary N) is 2. The largest absolute Gasteiger partial charge is 0.345 e. The molecule has 3 rings (SSSR count). The summed E-state index contributed by atoms with van der Waals surface area (Å²) in [7, 11) is 0. The number of nitrogens with zero attached hydrogens (tertiary/aromatic N) is 6. The van der Waals surface area contributed by atoms with Gasteiger partial charge in [-0.2, -0.15) is 0 Å². The van der Waals surface area contributed by atoms with Gasteiger partial charge >= 0.3 is 0 Å². The highest BCUT2D eigenvalue weighted by atomic mass is 16.2. The van der Waals surface area contributed by atoms with E-state index >= 15 is 0 Å². The van der Waals surface area contributed by atoms with E-state index in [4.69, 9.17) is 0 Å². The van der Waals surface area contributed by atoms with E-state index in [2.05, 4.69) is 41.0 Å². The highest BCUT2D eigenvalue weighted by Crippen LogP contribution is 1.97. The first-order valence-electron chi connectivity index (χ1n) is 7.64. The van der Waals surface area contributed by atoms with E-state index in [0.29, 0.717) is 0 Å². The van der Waals surface area contributed by atoms with E-state index in [9.17, 15) is 9.59 Å². The molecule has 2 N–H and O–H groups in total. The second-order valence-electron chi connectivity index (χ2n) is 5.14. The van der Waals surface area contributed by atoms with Gasteiger partial charge in [0.1, 0.15) is 0 Å². The molecule has 26 heavy (non-hydrogen) atoms. The summed E-state index contributed by atoms with van der Waals surface area (Å²) in [5.74, 6) is -1.54. The van der Waals surface area contributed by atoms with Gasteiger partial charge in [0, 0.05) is 37.9 Å². The quantitative estimate of drug-likeness (QED) is 0.630. The van der Waals surface area contributed by atoms with Crippen molar-refractivity contribution in [2.24, 2.45) is 0 Å². The predicted octanol–water partition coefficient (Wildman–Crippen LogP) is -0.0834. The third-order valence-electron chi connectivity index (χ3n) is 3.24. The number of pyridine rings is 2. The first-order chi connectivity index (χ1) is 12.7. The molecule has 0 radical (unpaired) electrons. The van der Waals surface area contributed by atoms with E-state index in [-0.39, 0.29) is 24.7 Å². The van der Waals surface area contributed by atoms with Crippen molar-refractivity contribution in [2.75, 3.05) is 0 Å². The maximum atomic E-state index is 12.0. The van der Waals surface area contributed by atoms with Gasteiger partial charge in [0.2, 0.25) is 0 Å². The first kappa shape index (κ1) is 17.0. The summed E-state index contributed by atoms with van der Waals surface area (Å²) in [4.78, 5) is 31.8. The number of aromatic nitrogens is 6. The minimum absolute atomic E-state index is 0.224. The molecule has 0 aliphatic carbocycles. The molecular formula is C16H14N8O2. The minimum atomic E-state index is -0.545. The highest BCUT2D eigenvalue weighted by Gasteiger charge is 2.15. The van der Waals surface area contributed by atoms with Gasteiger partial charge in [0.25, 0.3) is 23.5 Å². The first-order valence-corrected chi connectivity index (χ1v) is 7.64. The van der Waals surface area contributed by atoms with Crippen LogP contribution < -0.4 is 10.6 Å². The standard InChI is InChI=1S/C16H14N8O2/c25-15(19-9-11-3-1-5-17-7-11)13-21-23-14(24-22-13)16(26)20-10-12-4-2-6-18-8-12/h1-8H,9-10H2,(H,19,25)(H,20,26). The molecule has 0 saturated heterocycles. The van der Waals surface area contributed by atoms with Gasteiger partial charge < -0.3 is 10.6 Å². The van der Waals surface area contributed by atoms with Crippen LogP contribution in [-0.4, -0.2) is 42.2 Å². The zero-order chi connectivity index (χ0) is 18.2. The summed E-state index contributed by atoms with van der Waals surface area (Å²) in [5, 5.41) is 19.8. The van der Waals surface area contributed by atoms with E-state index in [1.807, 2.05) is 12.1 Å². The van der Waals surface area contributed by atoms with Crippen molar-refractivity contribution in [3.8, 4) is 0 Å². The van der Waals surface area contributed by atoms with Crippen LogP contribution in [0.5, 0.6) is 0 Å². The molecule has 0 bridgehead atoms. The van der Waals surface area contributed by atoms with E-state index in [1.54, 1.807) is 36.9 Å². The molecule has 3 aromatic heterocycles. The Morgan fingerprint density at radius 2 is 1.15 bits per heavy atom. The molecule has 0 spiro atoms. The fourth-order valence-corrected chi connectivity index (χ4v) is 1.94. The van der Waals surface area contributed by atoms with Crippen LogP contribution in [0.25, 0.3) is 0 Å². The lowest BCUT2D eigenvalue weighted by Crippen LogP contribution is -2.29. The molecule has 0 unspecified atom stereocenters. The van der Waals surface area contributed by atoms with Crippen LogP contribution in [-0.2, 0) is 13.1 Å².